The lowest BCUT2D eigenvalue weighted by Gasteiger charge is -1.88. The van der Waals surface area contributed by atoms with E-state index in [2.05, 4.69) is 5.48 Å². The number of nitrogens with one attached hydrogen (secondary N) is 1. The van der Waals surface area contributed by atoms with Gasteiger partial charge in [0.05, 0.1) is 0 Å². The van der Waals surface area contributed by atoms with Crippen molar-refractivity contribution in [2.24, 2.45) is 0 Å². The van der Waals surface area contributed by atoms with Crippen LogP contribution in [0.25, 0.3) is 0 Å². The zero-order chi connectivity index (χ0) is 6.10. The van der Waals surface area contributed by atoms with Gasteiger partial charge < -0.3 is 0 Å². The molecule has 2 nitrogen and oxygen atoms in total. The molecule has 1 aliphatic heterocycles. The summed E-state index contributed by atoms with van der Waals surface area (Å²) >= 11 is 0. The van der Waals surface area contributed by atoms with Gasteiger partial charge in [-0.25, -0.2) is 0 Å². The van der Waals surface area contributed by atoms with Crippen molar-refractivity contribution in [2.45, 2.75) is 6.23 Å². The van der Waals surface area contributed by atoms with E-state index in [9.17, 15) is 0 Å². The van der Waals surface area contributed by atoms with Crippen molar-refractivity contribution in [1.29, 1.82) is 0 Å². The van der Waals surface area contributed by atoms with E-state index in [1.165, 1.54) is 5.56 Å². The Balaban J connectivity index is 2.29. The number of hydrogen-bond donors (Lipinski definition) is 1. The predicted molar refractivity (Wildman–Crippen MR) is 33.4 cm³/mol. The van der Waals surface area contributed by atoms with E-state index in [4.69, 9.17) is 4.84 Å². The third kappa shape index (κ3) is 0.943. The highest BCUT2D eigenvalue weighted by atomic mass is 16.8. The highest BCUT2D eigenvalue weighted by Gasteiger charge is 2.23. The molecule has 1 aromatic rings. The summed E-state index contributed by atoms with van der Waals surface area (Å²) in [6.45, 7) is 0. The number of hydrogen-bond acceptors (Lipinski definition) is 2. The summed E-state index contributed by atoms with van der Waals surface area (Å²) in [7, 11) is 0. The molecule has 1 fully saturated rings. The summed E-state index contributed by atoms with van der Waals surface area (Å²) in [4.78, 5) is 4.84. The molecule has 1 aromatic carbocycles. The second-order valence-electron chi connectivity index (χ2n) is 2.03. The van der Waals surface area contributed by atoms with Crippen molar-refractivity contribution in [3.05, 3.63) is 35.9 Å². The van der Waals surface area contributed by atoms with E-state index >= 15 is 0 Å². The summed E-state index contributed by atoms with van der Waals surface area (Å²) in [6.07, 6.45) is 0.159. The van der Waals surface area contributed by atoms with Gasteiger partial charge in [-0.1, -0.05) is 30.3 Å². The van der Waals surface area contributed by atoms with Crippen LogP contribution in [0.1, 0.15) is 11.8 Å². The van der Waals surface area contributed by atoms with Crippen LogP contribution in [0, 0.1) is 0 Å². The summed E-state index contributed by atoms with van der Waals surface area (Å²) in [6, 6.07) is 10.1. The predicted octanol–water partition coefficient (Wildman–Crippen LogP) is 1.22. The maximum absolute atomic E-state index is 4.84. The molecular weight excluding hydrogens is 114 g/mol. The zero-order valence-corrected chi connectivity index (χ0v) is 4.87. The molecule has 2 heteroatoms. The Kier molecular flexibility index (Phi) is 1.01. The van der Waals surface area contributed by atoms with E-state index in [1.54, 1.807) is 0 Å². The topological polar surface area (TPSA) is 34.5 Å². The van der Waals surface area contributed by atoms with Gasteiger partial charge in [0, 0.05) is 0 Å². The molecule has 0 spiro atoms. The molecule has 2 rings (SSSR count). The van der Waals surface area contributed by atoms with Crippen molar-refractivity contribution in [3.8, 4) is 0 Å². The monoisotopic (exact) mass is 121 g/mol. The third-order valence-electron chi connectivity index (χ3n) is 1.34. The Morgan fingerprint density at radius 1 is 1.22 bits per heavy atom. The van der Waals surface area contributed by atoms with Crippen molar-refractivity contribution in [3.63, 3.8) is 0 Å². The Bertz CT molecular complexity index is 193. The quantitative estimate of drug-likeness (QED) is 0.567. The number of hydroxylamine groups is 1. The van der Waals surface area contributed by atoms with Gasteiger partial charge in [-0.3, -0.25) is 4.84 Å². The molecule has 46 valence electrons. The zero-order valence-electron chi connectivity index (χ0n) is 4.87. The fourth-order valence-electron chi connectivity index (χ4n) is 0.798. The summed E-state index contributed by atoms with van der Waals surface area (Å²) in [5.74, 6) is 0. The van der Waals surface area contributed by atoms with Crippen molar-refractivity contribution in [2.75, 3.05) is 0 Å². The van der Waals surface area contributed by atoms with Crippen LogP contribution in [0.3, 0.4) is 0 Å². The first-order chi connectivity index (χ1) is 4.47. The second-order valence-corrected chi connectivity index (χ2v) is 2.03. The van der Waals surface area contributed by atoms with Crippen LogP contribution in [0.5, 0.6) is 0 Å². The van der Waals surface area contributed by atoms with Crippen molar-refractivity contribution in [1.82, 2.24) is 5.48 Å². The Hall–Kier alpha value is -0.860. The van der Waals surface area contributed by atoms with Gasteiger partial charge in [0.2, 0.25) is 0 Å². The molecule has 1 unspecified atom stereocenters. The fourth-order valence-corrected chi connectivity index (χ4v) is 0.798. The van der Waals surface area contributed by atoms with E-state index in [-0.39, 0.29) is 6.23 Å². The van der Waals surface area contributed by atoms with Crippen LogP contribution in [0.4, 0.5) is 0 Å². The molecule has 0 bridgehead atoms. The van der Waals surface area contributed by atoms with Gasteiger partial charge in [-0.2, -0.15) is 5.48 Å². The second kappa shape index (κ2) is 1.83. The summed E-state index contributed by atoms with van der Waals surface area (Å²) < 4.78 is 0. The van der Waals surface area contributed by atoms with E-state index in [1.807, 2.05) is 30.3 Å². The van der Waals surface area contributed by atoms with Crippen LogP contribution in [-0.4, -0.2) is 0 Å². The average molecular weight is 121 g/mol. The SMILES string of the molecule is c1ccc(C2NO2)cc1. The minimum absolute atomic E-state index is 0.159. The van der Waals surface area contributed by atoms with Crippen LogP contribution in [0.15, 0.2) is 30.3 Å². The molecular formula is C7H7NO. The highest BCUT2D eigenvalue weighted by molar-refractivity contribution is 5.18. The van der Waals surface area contributed by atoms with Gasteiger partial charge in [0.25, 0.3) is 0 Å². The van der Waals surface area contributed by atoms with Gasteiger partial charge in [0.15, 0.2) is 6.23 Å². The first kappa shape index (κ1) is 4.97. The summed E-state index contributed by atoms with van der Waals surface area (Å²) in [5.41, 5.74) is 3.94. The van der Waals surface area contributed by atoms with Crippen molar-refractivity contribution >= 4 is 0 Å². The summed E-state index contributed by atoms with van der Waals surface area (Å²) in [5, 5.41) is 0. The Morgan fingerprint density at radius 2 is 1.89 bits per heavy atom. The van der Waals surface area contributed by atoms with Crippen LogP contribution < -0.4 is 5.48 Å². The smallest absolute Gasteiger partial charge is 0.176 e. The van der Waals surface area contributed by atoms with Crippen molar-refractivity contribution < 1.29 is 4.84 Å². The third-order valence-corrected chi connectivity index (χ3v) is 1.34. The van der Waals surface area contributed by atoms with E-state index < -0.39 is 0 Å². The molecule has 1 atom stereocenters. The lowest BCUT2D eigenvalue weighted by atomic mass is 10.2. The van der Waals surface area contributed by atoms with E-state index in [0.29, 0.717) is 0 Å². The number of rotatable bonds is 1. The first-order valence-electron chi connectivity index (χ1n) is 2.93. The molecule has 0 saturated carbocycles. The Morgan fingerprint density at radius 3 is 2.44 bits per heavy atom. The lowest BCUT2D eigenvalue weighted by molar-refractivity contribution is 0.374. The van der Waals surface area contributed by atoms with Gasteiger partial charge in [0.1, 0.15) is 0 Å². The minimum Gasteiger partial charge on any atom is -0.273 e. The fraction of sp³-hybridized carbons (Fsp3) is 0.143. The number of benzene rings is 1. The van der Waals surface area contributed by atoms with Crippen LogP contribution in [-0.2, 0) is 4.84 Å². The molecule has 1 saturated heterocycles. The lowest BCUT2D eigenvalue weighted by Crippen LogP contribution is -1.80. The van der Waals surface area contributed by atoms with Crippen LogP contribution >= 0.6 is 0 Å². The standard InChI is InChI=1S/C7H7NO/c1-2-4-6(5-3-1)7-8-9-7/h1-5,7-8H. The van der Waals surface area contributed by atoms with Gasteiger partial charge >= 0.3 is 0 Å². The maximum Gasteiger partial charge on any atom is 0.176 e. The Labute approximate surface area is 53.4 Å². The normalized spacial score (nSPS) is 23.8. The molecule has 9 heavy (non-hydrogen) atoms. The molecule has 1 N–H and O–H groups in total. The molecule has 0 aromatic heterocycles. The molecule has 0 amide bonds. The molecule has 0 radical (unpaired) electrons. The largest absolute Gasteiger partial charge is 0.273 e. The van der Waals surface area contributed by atoms with E-state index in [0.717, 1.165) is 0 Å². The first-order valence-corrected chi connectivity index (χ1v) is 2.93. The molecule has 1 aliphatic rings. The maximum atomic E-state index is 4.84. The molecule has 1 heterocycles. The van der Waals surface area contributed by atoms with Gasteiger partial charge in [-0.15, -0.1) is 0 Å². The average Bonchev–Trinajstić information content (AvgIpc) is 2.71. The van der Waals surface area contributed by atoms with Gasteiger partial charge in [-0.05, 0) is 5.56 Å². The van der Waals surface area contributed by atoms with Crippen LogP contribution in [0.2, 0.25) is 0 Å². The minimum atomic E-state index is 0.159. The molecule has 0 aliphatic carbocycles. The highest BCUT2D eigenvalue weighted by Crippen LogP contribution is 2.21.